The van der Waals surface area contributed by atoms with E-state index in [9.17, 15) is 0 Å². The van der Waals surface area contributed by atoms with E-state index in [1.807, 2.05) is 17.8 Å². The lowest BCUT2D eigenvalue weighted by Crippen LogP contribution is -2.49. The predicted octanol–water partition coefficient (Wildman–Crippen LogP) is 1.65. The normalized spacial score (nSPS) is 17.4. The van der Waals surface area contributed by atoms with E-state index in [-0.39, 0.29) is 0 Å². The molecule has 3 aromatic rings. The van der Waals surface area contributed by atoms with Gasteiger partial charge in [-0.05, 0) is 19.4 Å². The second-order valence-corrected chi connectivity index (χ2v) is 6.91. The van der Waals surface area contributed by atoms with Gasteiger partial charge < -0.3 is 15.5 Å². The maximum absolute atomic E-state index is 4.91. The third-order valence-electron chi connectivity index (χ3n) is 4.71. The molecule has 0 amide bonds. The first-order chi connectivity index (χ1) is 13.2. The van der Waals surface area contributed by atoms with Crippen LogP contribution in [-0.4, -0.2) is 55.4 Å². The summed E-state index contributed by atoms with van der Waals surface area (Å²) in [5.41, 5.74) is 2.81. The molecule has 9 nitrogen and oxygen atoms in total. The number of hydrogen-bond donors (Lipinski definition) is 2. The molecule has 27 heavy (non-hydrogen) atoms. The molecule has 0 bridgehead atoms. The molecule has 2 N–H and O–H groups in total. The van der Waals surface area contributed by atoms with Crippen LogP contribution in [0, 0.1) is 0 Å². The minimum atomic E-state index is 0.403. The van der Waals surface area contributed by atoms with Gasteiger partial charge in [-0.25, -0.2) is 15.0 Å². The lowest BCUT2D eigenvalue weighted by atomic mass is 10.2. The van der Waals surface area contributed by atoms with Crippen LogP contribution < -0.4 is 15.5 Å². The fraction of sp³-hybridized carbons (Fsp3) is 0.500. The van der Waals surface area contributed by atoms with Crippen molar-refractivity contribution in [1.82, 2.24) is 35.0 Å². The minimum Gasteiger partial charge on any atom is -0.338 e. The van der Waals surface area contributed by atoms with E-state index in [1.54, 1.807) is 6.20 Å². The highest BCUT2D eigenvalue weighted by Crippen LogP contribution is 2.28. The zero-order valence-corrected chi connectivity index (χ0v) is 16.0. The maximum atomic E-state index is 4.91. The summed E-state index contributed by atoms with van der Waals surface area (Å²) in [5.74, 6) is 2.15. The van der Waals surface area contributed by atoms with Crippen molar-refractivity contribution in [1.29, 1.82) is 0 Å². The molecular formula is C18H25N9. The molecule has 1 atom stereocenters. The quantitative estimate of drug-likeness (QED) is 0.703. The molecule has 0 aliphatic carbocycles. The SMILES string of the molecule is CCCc1nn(C)c2c(Nc3ccncn3)nc(N3CCN[C@H](C)C3)nc12. The van der Waals surface area contributed by atoms with Crippen molar-refractivity contribution < 1.29 is 0 Å². The van der Waals surface area contributed by atoms with E-state index in [0.717, 1.165) is 61.0 Å². The molecule has 0 radical (unpaired) electrons. The molecule has 9 heteroatoms. The molecule has 0 saturated carbocycles. The Morgan fingerprint density at radius 1 is 1.33 bits per heavy atom. The summed E-state index contributed by atoms with van der Waals surface area (Å²) in [6, 6.07) is 2.23. The van der Waals surface area contributed by atoms with E-state index >= 15 is 0 Å². The Morgan fingerprint density at radius 2 is 2.22 bits per heavy atom. The predicted molar refractivity (Wildman–Crippen MR) is 105 cm³/mol. The Labute approximate surface area is 158 Å². The van der Waals surface area contributed by atoms with Crippen LogP contribution in [0.3, 0.4) is 0 Å². The Balaban J connectivity index is 1.82. The zero-order chi connectivity index (χ0) is 18.8. The van der Waals surface area contributed by atoms with Crippen molar-refractivity contribution in [2.75, 3.05) is 29.9 Å². The molecule has 3 aromatic heterocycles. The number of nitrogens with zero attached hydrogens (tertiary/aromatic N) is 7. The first-order valence-electron chi connectivity index (χ1n) is 9.40. The Hall–Kier alpha value is -2.81. The molecule has 1 fully saturated rings. The zero-order valence-electron chi connectivity index (χ0n) is 16.0. The summed E-state index contributed by atoms with van der Waals surface area (Å²) in [5, 5.41) is 11.5. The summed E-state index contributed by atoms with van der Waals surface area (Å²) in [6.45, 7) is 7.01. The van der Waals surface area contributed by atoms with Gasteiger partial charge in [0.15, 0.2) is 5.82 Å². The molecule has 0 aromatic carbocycles. The van der Waals surface area contributed by atoms with Crippen LogP contribution in [0.25, 0.3) is 11.0 Å². The Bertz CT molecular complexity index is 921. The first-order valence-corrected chi connectivity index (χ1v) is 9.40. The molecule has 1 aliphatic heterocycles. The average molecular weight is 367 g/mol. The van der Waals surface area contributed by atoms with E-state index in [2.05, 4.69) is 39.3 Å². The van der Waals surface area contributed by atoms with Gasteiger partial charge in [-0.1, -0.05) is 13.3 Å². The molecule has 1 saturated heterocycles. The van der Waals surface area contributed by atoms with Crippen LogP contribution in [0.15, 0.2) is 18.6 Å². The number of nitrogens with one attached hydrogen (secondary N) is 2. The van der Waals surface area contributed by atoms with Crippen LogP contribution in [0.5, 0.6) is 0 Å². The van der Waals surface area contributed by atoms with Gasteiger partial charge in [0, 0.05) is 38.9 Å². The number of anilines is 3. The fourth-order valence-corrected chi connectivity index (χ4v) is 3.46. The topological polar surface area (TPSA) is 96.7 Å². The second kappa shape index (κ2) is 7.43. The highest BCUT2D eigenvalue weighted by atomic mass is 15.3. The number of aromatic nitrogens is 6. The third-order valence-corrected chi connectivity index (χ3v) is 4.71. The Morgan fingerprint density at radius 3 is 2.96 bits per heavy atom. The average Bonchev–Trinajstić information content (AvgIpc) is 2.99. The number of rotatable bonds is 5. The van der Waals surface area contributed by atoms with Gasteiger partial charge in [0.2, 0.25) is 5.95 Å². The highest BCUT2D eigenvalue weighted by molar-refractivity contribution is 5.90. The molecule has 4 heterocycles. The van der Waals surface area contributed by atoms with E-state index in [4.69, 9.17) is 15.1 Å². The molecular weight excluding hydrogens is 342 g/mol. The summed E-state index contributed by atoms with van der Waals surface area (Å²) in [4.78, 5) is 20.2. The van der Waals surface area contributed by atoms with Crippen LogP contribution >= 0.6 is 0 Å². The van der Waals surface area contributed by atoms with Gasteiger partial charge in [0.25, 0.3) is 0 Å². The van der Waals surface area contributed by atoms with Crippen LogP contribution in [-0.2, 0) is 13.5 Å². The monoisotopic (exact) mass is 367 g/mol. The molecule has 0 spiro atoms. The molecule has 0 unspecified atom stereocenters. The lowest BCUT2D eigenvalue weighted by molar-refractivity contribution is 0.480. The smallest absolute Gasteiger partial charge is 0.228 e. The van der Waals surface area contributed by atoms with Crippen LogP contribution in [0.2, 0.25) is 0 Å². The van der Waals surface area contributed by atoms with Crippen molar-refractivity contribution in [2.24, 2.45) is 7.05 Å². The van der Waals surface area contributed by atoms with Gasteiger partial charge in [-0.2, -0.15) is 10.1 Å². The van der Waals surface area contributed by atoms with Gasteiger partial charge in [-0.15, -0.1) is 0 Å². The van der Waals surface area contributed by atoms with E-state index in [1.165, 1.54) is 6.33 Å². The maximum Gasteiger partial charge on any atom is 0.228 e. The van der Waals surface area contributed by atoms with Gasteiger partial charge in [-0.3, -0.25) is 4.68 Å². The molecule has 4 rings (SSSR count). The summed E-state index contributed by atoms with van der Waals surface area (Å²) >= 11 is 0. The third kappa shape index (κ3) is 3.55. The standard InChI is InChI=1S/C18H25N9/c1-4-5-13-15-16(26(3)25-13)17(22-14-6-7-19-11-21-14)24-18(23-15)27-9-8-20-12(2)10-27/h6-7,11-12,20H,4-5,8-10H2,1-3H3,(H,19,21,22,23,24)/t12-/m1/s1. The van der Waals surface area contributed by atoms with Gasteiger partial charge in [0.05, 0.1) is 5.69 Å². The van der Waals surface area contributed by atoms with Gasteiger partial charge >= 0.3 is 0 Å². The van der Waals surface area contributed by atoms with E-state index in [0.29, 0.717) is 11.9 Å². The number of aryl methyl sites for hydroxylation is 2. The van der Waals surface area contributed by atoms with Crippen molar-refractivity contribution in [3.05, 3.63) is 24.3 Å². The second-order valence-electron chi connectivity index (χ2n) is 6.91. The van der Waals surface area contributed by atoms with Crippen LogP contribution in [0.1, 0.15) is 26.0 Å². The fourth-order valence-electron chi connectivity index (χ4n) is 3.46. The lowest BCUT2D eigenvalue weighted by Gasteiger charge is -2.32. The van der Waals surface area contributed by atoms with E-state index < -0.39 is 0 Å². The highest BCUT2D eigenvalue weighted by Gasteiger charge is 2.23. The summed E-state index contributed by atoms with van der Waals surface area (Å²) in [7, 11) is 1.93. The first kappa shape index (κ1) is 17.6. The largest absolute Gasteiger partial charge is 0.338 e. The van der Waals surface area contributed by atoms with Gasteiger partial charge in [0.1, 0.15) is 23.2 Å². The van der Waals surface area contributed by atoms with Crippen LogP contribution in [0.4, 0.5) is 17.6 Å². The number of fused-ring (bicyclic) bond motifs is 1. The van der Waals surface area contributed by atoms with Crippen molar-refractivity contribution >= 4 is 28.6 Å². The Kier molecular flexibility index (Phi) is 4.85. The molecule has 1 aliphatic rings. The summed E-state index contributed by atoms with van der Waals surface area (Å²) < 4.78 is 1.86. The number of piperazine rings is 1. The minimum absolute atomic E-state index is 0.403. The van der Waals surface area contributed by atoms with Crippen molar-refractivity contribution in [3.8, 4) is 0 Å². The van der Waals surface area contributed by atoms with Crippen molar-refractivity contribution in [3.63, 3.8) is 0 Å². The number of hydrogen-bond acceptors (Lipinski definition) is 8. The van der Waals surface area contributed by atoms with Crippen molar-refractivity contribution in [2.45, 2.75) is 32.7 Å². The summed E-state index contributed by atoms with van der Waals surface area (Å²) in [6.07, 6.45) is 5.13. The molecule has 142 valence electrons.